The zero-order valence-corrected chi connectivity index (χ0v) is 22.7. The summed E-state index contributed by atoms with van der Waals surface area (Å²) in [5.41, 5.74) is 2.32. The second-order valence-electron chi connectivity index (χ2n) is 7.45. The van der Waals surface area contributed by atoms with Gasteiger partial charge in [-0.15, -0.1) is 23.1 Å². The maximum atomic E-state index is 11.8. The third kappa shape index (κ3) is 7.52. The van der Waals surface area contributed by atoms with Gasteiger partial charge in [-0.3, -0.25) is 14.5 Å². The van der Waals surface area contributed by atoms with Gasteiger partial charge in [0.05, 0.1) is 23.2 Å². The number of aliphatic carboxylic acids is 1. The lowest BCUT2D eigenvalue weighted by Gasteiger charge is -2.43. The van der Waals surface area contributed by atoms with Crippen LogP contribution in [0, 0.1) is 0 Å². The van der Waals surface area contributed by atoms with Gasteiger partial charge < -0.3 is 5.11 Å². The number of carbonyl (C=O) groups is 3. The van der Waals surface area contributed by atoms with Crippen LogP contribution in [0.25, 0.3) is 5.57 Å². The quantitative estimate of drug-likeness (QED) is 0.348. The third-order valence-corrected chi connectivity index (χ3v) is 8.24. The first-order chi connectivity index (χ1) is 17.1. The van der Waals surface area contributed by atoms with E-state index in [9.17, 15) is 22.8 Å². The summed E-state index contributed by atoms with van der Waals surface area (Å²) in [5, 5.41) is 11.0. The van der Waals surface area contributed by atoms with Crippen molar-refractivity contribution in [3.63, 3.8) is 0 Å². The van der Waals surface area contributed by atoms with E-state index < -0.39 is 21.9 Å². The van der Waals surface area contributed by atoms with Crippen LogP contribution >= 0.6 is 23.1 Å². The van der Waals surface area contributed by atoms with E-state index in [0.717, 1.165) is 28.9 Å². The van der Waals surface area contributed by atoms with Crippen molar-refractivity contribution in [2.45, 2.75) is 39.0 Å². The lowest BCUT2D eigenvalue weighted by Crippen LogP contribution is -2.53. The Balaban J connectivity index is 0.000000259. The molecule has 194 valence electrons. The highest BCUT2D eigenvalue weighted by molar-refractivity contribution is 8.00. The molecule has 1 aromatic heterocycles. The van der Waals surface area contributed by atoms with E-state index in [1.54, 1.807) is 29.3 Å². The second kappa shape index (κ2) is 13.4. The van der Waals surface area contributed by atoms with E-state index in [0.29, 0.717) is 17.9 Å². The number of rotatable bonds is 9. The van der Waals surface area contributed by atoms with E-state index >= 15 is 0 Å². The number of fused-ring (bicyclic) bond motifs is 1. The van der Waals surface area contributed by atoms with E-state index in [4.69, 9.17) is 5.11 Å². The van der Waals surface area contributed by atoms with Crippen LogP contribution < -0.4 is 4.72 Å². The average Bonchev–Trinajstić information content (AvgIpc) is 3.32. The molecule has 3 rings (SSSR count). The largest absolute Gasteiger partial charge is 0.477 e. The number of amides is 2. The Kier molecular flexibility index (Phi) is 10.9. The van der Waals surface area contributed by atoms with Gasteiger partial charge in [0.15, 0.2) is 5.01 Å². The van der Waals surface area contributed by atoms with Gasteiger partial charge in [0.25, 0.3) is 5.91 Å². The molecule has 12 heteroatoms. The summed E-state index contributed by atoms with van der Waals surface area (Å²) < 4.78 is 24.6. The van der Waals surface area contributed by atoms with Crippen LogP contribution in [0.15, 0.2) is 59.7 Å². The zero-order chi connectivity index (χ0) is 26.9. The molecule has 2 amide bonds. The number of carboxylic acids is 1. The van der Waals surface area contributed by atoms with Gasteiger partial charge in [-0.05, 0) is 25.8 Å². The Hall–Kier alpha value is -2.96. The van der Waals surface area contributed by atoms with Crippen molar-refractivity contribution in [3.8, 4) is 0 Å². The first-order valence-corrected chi connectivity index (χ1v) is 14.7. The zero-order valence-electron chi connectivity index (χ0n) is 20.3. The molecule has 0 aliphatic carbocycles. The predicted octanol–water partition coefficient (Wildman–Crippen LogP) is 3.96. The number of nitrogens with one attached hydrogen (secondary N) is 1. The number of sulfonamides is 1. The van der Waals surface area contributed by atoms with Crippen LogP contribution in [0.1, 0.15) is 49.1 Å². The molecule has 9 nitrogen and oxygen atoms in total. The molecule has 2 aliphatic heterocycles. The van der Waals surface area contributed by atoms with Crippen molar-refractivity contribution in [1.82, 2.24) is 14.6 Å². The molecule has 0 bridgehead atoms. The molecular formula is C24H29N3O6S3. The second-order valence-corrected chi connectivity index (χ2v) is 11.5. The van der Waals surface area contributed by atoms with Gasteiger partial charge in [0.1, 0.15) is 5.70 Å². The molecule has 2 aliphatic rings. The number of thiazole rings is 1. The summed E-state index contributed by atoms with van der Waals surface area (Å²) in [6, 6.07) is 0. The number of carboxylic acid groups (broad SMARTS) is 1. The summed E-state index contributed by atoms with van der Waals surface area (Å²) in [6.07, 6.45) is 12.1. The maximum Gasteiger partial charge on any atom is 0.352 e. The summed E-state index contributed by atoms with van der Waals surface area (Å²) in [5.74, 6) is -1.28. The Morgan fingerprint density at radius 1 is 1.36 bits per heavy atom. The lowest BCUT2D eigenvalue weighted by atomic mass is 10.1. The van der Waals surface area contributed by atoms with Crippen LogP contribution in [0.5, 0.6) is 0 Å². The van der Waals surface area contributed by atoms with Gasteiger partial charge >= 0.3 is 5.97 Å². The Labute approximate surface area is 219 Å². The maximum absolute atomic E-state index is 11.8. The standard InChI is InChI=1S/C13H16N2O3S2.C11H13NO3S/c1-4-7-10(8-5-2)11-9-19-13(14-11)12(16)15-20(17,18)6-3;1-2-3-4-7-6-16-9-5-8(13)12(9)10(7)11(14)15/h4-5,7-9H,1,6H2,2-3H3,(H,15,16);3-4,9H,2,5-6H2,1H3,(H,14,15)/b8-5-,10-7+;4-3+/t;9-/m.1/s1. The Bertz CT molecular complexity index is 1240. The fraction of sp³-hybridized carbons (Fsp3) is 0.333. The predicted molar refractivity (Wildman–Crippen MR) is 144 cm³/mol. The van der Waals surface area contributed by atoms with Crippen LogP contribution in [0.2, 0.25) is 0 Å². The summed E-state index contributed by atoms with van der Waals surface area (Å²) in [7, 11) is -3.58. The SMILES string of the molecule is C=C/C=C(\C=C/C)c1csc(C(=O)NS(=O)(=O)CC)n1.CC/C=C/C1=C(C(=O)O)N2C(=O)C[C@H]2SC1. The minimum Gasteiger partial charge on any atom is -0.477 e. The molecule has 1 atom stereocenters. The highest BCUT2D eigenvalue weighted by Gasteiger charge is 2.44. The Morgan fingerprint density at radius 3 is 2.64 bits per heavy atom. The van der Waals surface area contributed by atoms with Crippen molar-refractivity contribution in [1.29, 1.82) is 0 Å². The number of allylic oxidation sites excluding steroid dienone is 7. The molecule has 1 aromatic rings. The minimum absolute atomic E-state index is 0.0392. The highest BCUT2D eigenvalue weighted by Crippen LogP contribution is 2.40. The van der Waals surface area contributed by atoms with Crippen molar-refractivity contribution in [3.05, 3.63) is 70.4 Å². The number of nitrogens with zero attached hydrogens (tertiary/aromatic N) is 2. The summed E-state index contributed by atoms with van der Waals surface area (Å²) >= 11 is 2.72. The van der Waals surface area contributed by atoms with Crippen molar-refractivity contribution >= 4 is 56.5 Å². The molecule has 0 unspecified atom stereocenters. The van der Waals surface area contributed by atoms with Crippen LogP contribution in [0.4, 0.5) is 0 Å². The van der Waals surface area contributed by atoms with Crippen LogP contribution in [0.3, 0.4) is 0 Å². The number of hydrogen-bond acceptors (Lipinski definition) is 8. The number of β-lactam (4-membered cyclic amide) rings is 1. The van der Waals surface area contributed by atoms with Gasteiger partial charge in [-0.1, -0.05) is 50.0 Å². The number of carbonyl (C=O) groups excluding carboxylic acids is 2. The molecule has 0 aromatic carbocycles. The molecule has 0 spiro atoms. The van der Waals surface area contributed by atoms with Crippen LogP contribution in [-0.4, -0.2) is 58.1 Å². The first-order valence-electron chi connectivity index (χ1n) is 11.1. The monoisotopic (exact) mass is 551 g/mol. The number of aromatic nitrogens is 1. The molecule has 1 saturated heterocycles. The minimum atomic E-state index is -3.58. The van der Waals surface area contributed by atoms with Gasteiger partial charge in [0.2, 0.25) is 15.9 Å². The van der Waals surface area contributed by atoms with Gasteiger partial charge in [0, 0.05) is 16.7 Å². The molecule has 2 N–H and O–H groups in total. The highest BCUT2D eigenvalue weighted by atomic mass is 32.2. The van der Waals surface area contributed by atoms with E-state index in [1.807, 2.05) is 42.9 Å². The molecule has 3 heterocycles. The fourth-order valence-electron chi connectivity index (χ4n) is 3.13. The lowest BCUT2D eigenvalue weighted by molar-refractivity contribution is -0.146. The molecule has 0 radical (unpaired) electrons. The molecular weight excluding hydrogens is 522 g/mol. The number of hydrogen-bond donors (Lipinski definition) is 2. The van der Waals surface area contributed by atoms with E-state index in [1.165, 1.54) is 11.8 Å². The van der Waals surface area contributed by atoms with Gasteiger partial charge in [-0.2, -0.15) is 0 Å². The fourth-order valence-corrected chi connectivity index (χ4v) is 5.67. The first kappa shape index (κ1) is 29.3. The van der Waals surface area contributed by atoms with E-state index in [2.05, 4.69) is 11.6 Å². The van der Waals surface area contributed by atoms with Crippen molar-refractivity contribution in [2.24, 2.45) is 0 Å². The smallest absolute Gasteiger partial charge is 0.352 e. The van der Waals surface area contributed by atoms with Crippen molar-refractivity contribution in [2.75, 3.05) is 11.5 Å². The number of thioether (sulfide) groups is 1. The van der Waals surface area contributed by atoms with Crippen LogP contribution in [-0.2, 0) is 19.6 Å². The topological polar surface area (TPSA) is 134 Å². The third-order valence-electron chi connectivity index (χ3n) is 4.91. The summed E-state index contributed by atoms with van der Waals surface area (Å²) in [4.78, 5) is 39.9. The van der Waals surface area contributed by atoms with Crippen molar-refractivity contribution < 1.29 is 27.9 Å². The average molecular weight is 552 g/mol. The summed E-state index contributed by atoms with van der Waals surface area (Å²) in [6.45, 7) is 8.93. The van der Waals surface area contributed by atoms with E-state index in [-0.39, 0.29) is 27.7 Å². The normalized spacial score (nSPS) is 18.0. The molecule has 36 heavy (non-hydrogen) atoms. The molecule has 1 fully saturated rings. The Morgan fingerprint density at radius 2 is 2.08 bits per heavy atom. The van der Waals surface area contributed by atoms with Gasteiger partial charge in [-0.25, -0.2) is 22.9 Å². The molecule has 0 saturated carbocycles.